The molecule has 0 aromatic heterocycles. The third-order valence-corrected chi connectivity index (χ3v) is 5.97. The smallest absolute Gasteiger partial charge is 0.0105 e. The Balaban J connectivity index is 0.000000169. The van der Waals surface area contributed by atoms with E-state index in [-0.39, 0.29) is 0 Å². The van der Waals surface area contributed by atoms with Gasteiger partial charge < -0.3 is 0 Å². The molecule has 0 atom stereocenters. The molecule has 0 amide bonds. The summed E-state index contributed by atoms with van der Waals surface area (Å²) in [5, 5.41) is 2.59. The second-order valence-electron chi connectivity index (χ2n) is 8.20. The Labute approximate surface area is 201 Å². The molecular weight excluding hydrogens is 408 g/mol. The van der Waals surface area contributed by atoms with Crippen molar-refractivity contribution in [2.75, 3.05) is 0 Å². The number of hydrogen-bond acceptors (Lipinski definition) is 0. The van der Waals surface area contributed by atoms with Crippen LogP contribution in [-0.2, 0) is 0 Å². The second-order valence-corrected chi connectivity index (χ2v) is 8.20. The summed E-state index contributed by atoms with van der Waals surface area (Å²) in [6, 6.07) is 55.1. The lowest BCUT2D eigenvalue weighted by molar-refractivity contribution is 1.60. The van der Waals surface area contributed by atoms with Gasteiger partial charge in [-0.25, -0.2) is 0 Å². The molecule has 6 aromatic carbocycles. The van der Waals surface area contributed by atoms with Crippen molar-refractivity contribution in [3.8, 4) is 33.4 Å². The molecule has 0 radical (unpaired) electrons. The molecule has 0 saturated carbocycles. The third kappa shape index (κ3) is 4.98. The molecule has 0 nitrogen and oxygen atoms in total. The largest absolute Gasteiger partial charge is 0.0622 e. The van der Waals surface area contributed by atoms with E-state index in [0.717, 1.165) is 0 Å². The number of rotatable bonds is 3. The van der Waals surface area contributed by atoms with Crippen LogP contribution < -0.4 is 0 Å². The molecule has 0 fully saturated rings. The molecule has 0 heterocycles. The van der Waals surface area contributed by atoms with E-state index in [9.17, 15) is 0 Å². The second kappa shape index (κ2) is 10.5. The van der Waals surface area contributed by atoms with Crippen LogP contribution >= 0.6 is 0 Å². The molecule has 0 heteroatoms. The first-order chi connectivity index (χ1) is 16.9. The average molecular weight is 435 g/mol. The van der Waals surface area contributed by atoms with Crippen LogP contribution in [0, 0.1) is 0 Å². The zero-order valence-electron chi connectivity index (χ0n) is 19.0. The summed E-state index contributed by atoms with van der Waals surface area (Å²) in [5.41, 5.74) is 7.61. The molecule has 34 heavy (non-hydrogen) atoms. The molecule has 6 rings (SSSR count). The fourth-order valence-corrected chi connectivity index (χ4v) is 4.21. The summed E-state index contributed by atoms with van der Waals surface area (Å²) in [6.07, 6.45) is 0. The first-order valence-corrected chi connectivity index (χ1v) is 11.6. The van der Waals surface area contributed by atoms with Gasteiger partial charge in [0.25, 0.3) is 0 Å². The van der Waals surface area contributed by atoms with Crippen molar-refractivity contribution in [1.82, 2.24) is 0 Å². The lowest BCUT2D eigenvalue weighted by atomic mass is 9.96. The van der Waals surface area contributed by atoms with Crippen LogP contribution in [0.4, 0.5) is 0 Å². The molecule has 0 aliphatic heterocycles. The highest BCUT2D eigenvalue weighted by Crippen LogP contribution is 2.30. The molecule has 0 N–H and O–H groups in total. The lowest BCUT2D eigenvalue weighted by Crippen LogP contribution is -1.82. The van der Waals surface area contributed by atoms with E-state index in [1.54, 1.807) is 0 Å². The van der Waals surface area contributed by atoms with Crippen LogP contribution in [0.25, 0.3) is 44.2 Å². The summed E-state index contributed by atoms with van der Waals surface area (Å²) < 4.78 is 0. The van der Waals surface area contributed by atoms with Gasteiger partial charge in [-0.3, -0.25) is 0 Å². The molecule has 0 aliphatic rings. The van der Waals surface area contributed by atoms with Crippen molar-refractivity contribution in [2.24, 2.45) is 0 Å². The fourth-order valence-electron chi connectivity index (χ4n) is 4.21. The van der Waals surface area contributed by atoms with Gasteiger partial charge in [0.1, 0.15) is 0 Å². The molecule has 162 valence electrons. The first-order valence-electron chi connectivity index (χ1n) is 11.6. The molecule has 0 aliphatic carbocycles. The Kier molecular flexibility index (Phi) is 6.59. The van der Waals surface area contributed by atoms with Gasteiger partial charge in [-0.2, -0.15) is 0 Å². The molecule has 0 unspecified atom stereocenters. The normalized spacial score (nSPS) is 10.4. The monoisotopic (exact) mass is 434 g/mol. The van der Waals surface area contributed by atoms with Crippen molar-refractivity contribution < 1.29 is 0 Å². The molecule has 6 aromatic rings. The van der Waals surface area contributed by atoms with Crippen LogP contribution in [0.5, 0.6) is 0 Å². The fraction of sp³-hybridized carbons (Fsp3) is 0. The van der Waals surface area contributed by atoms with Crippen molar-refractivity contribution >= 4 is 10.8 Å². The van der Waals surface area contributed by atoms with Gasteiger partial charge in [-0.1, -0.05) is 158 Å². The van der Waals surface area contributed by atoms with Crippen LogP contribution in [0.2, 0.25) is 0 Å². The standard InChI is InChI=1S/C22H16.C12H10/c1-2-7-17(8-3-1)18-13-15-20(16-14-18)22-12-6-10-19-9-4-5-11-21(19)22;1-3-7-11(8-4-1)12-9-5-2-6-10-12/h1-16H;1-10H. The maximum absolute atomic E-state index is 2.21. The van der Waals surface area contributed by atoms with Crippen LogP contribution in [-0.4, -0.2) is 0 Å². The van der Waals surface area contributed by atoms with E-state index in [1.807, 2.05) is 18.2 Å². The van der Waals surface area contributed by atoms with Gasteiger partial charge in [0.05, 0.1) is 0 Å². The zero-order chi connectivity index (χ0) is 23.0. The summed E-state index contributed by atoms with van der Waals surface area (Å²) in [5.74, 6) is 0. The maximum atomic E-state index is 2.21. The van der Waals surface area contributed by atoms with Crippen LogP contribution in [0.3, 0.4) is 0 Å². The maximum Gasteiger partial charge on any atom is -0.0105 e. The Bertz CT molecular complexity index is 1410. The van der Waals surface area contributed by atoms with E-state index in [0.29, 0.717) is 0 Å². The van der Waals surface area contributed by atoms with E-state index in [2.05, 4.69) is 140 Å². The van der Waals surface area contributed by atoms with Crippen molar-refractivity contribution in [3.05, 3.63) is 158 Å². The van der Waals surface area contributed by atoms with Crippen molar-refractivity contribution in [3.63, 3.8) is 0 Å². The minimum absolute atomic E-state index is 1.25. The zero-order valence-corrected chi connectivity index (χ0v) is 19.0. The van der Waals surface area contributed by atoms with E-state index < -0.39 is 0 Å². The summed E-state index contributed by atoms with van der Waals surface area (Å²) in [4.78, 5) is 0. The van der Waals surface area contributed by atoms with E-state index >= 15 is 0 Å². The Hall–Kier alpha value is -4.42. The predicted molar refractivity (Wildman–Crippen MR) is 147 cm³/mol. The highest BCUT2D eigenvalue weighted by atomic mass is 14.1. The van der Waals surface area contributed by atoms with Crippen molar-refractivity contribution in [1.29, 1.82) is 0 Å². The first kappa shape index (κ1) is 21.4. The highest BCUT2D eigenvalue weighted by molar-refractivity contribution is 5.96. The summed E-state index contributed by atoms with van der Waals surface area (Å²) in [7, 11) is 0. The Morgan fingerprint density at radius 2 is 0.618 bits per heavy atom. The summed E-state index contributed by atoms with van der Waals surface area (Å²) >= 11 is 0. The van der Waals surface area contributed by atoms with Crippen LogP contribution in [0.15, 0.2) is 158 Å². The van der Waals surface area contributed by atoms with Crippen molar-refractivity contribution in [2.45, 2.75) is 0 Å². The topological polar surface area (TPSA) is 0 Å². The lowest BCUT2D eigenvalue weighted by Gasteiger charge is -2.08. The van der Waals surface area contributed by atoms with Gasteiger partial charge >= 0.3 is 0 Å². The third-order valence-electron chi connectivity index (χ3n) is 5.97. The summed E-state index contributed by atoms with van der Waals surface area (Å²) in [6.45, 7) is 0. The number of hydrogen-bond donors (Lipinski definition) is 0. The van der Waals surface area contributed by atoms with E-state index in [1.165, 1.54) is 44.2 Å². The van der Waals surface area contributed by atoms with Gasteiger partial charge in [-0.15, -0.1) is 0 Å². The van der Waals surface area contributed by atoms with Gasteiger partial charge in [0.2, 0.25) is 0 Å². The number of fused-ring (bicyclic) bond motifs is 1. The quantitative estimate of drug-likeness (QED) is 0.260. The Morgan fingerprint density at radius 3 is 1.15 bits per heavy atom. The molecule has 0 saturated heterocycles. The van der Waals surface area contributed by atoms with Gasteiger partial charge in [-0.05, 0) is 44.2 Å². The van der Waals surface area contributed by atoms with Crippen LogP contribution in [0.1, 0.15) is 0 Å². The SMILES string of the molecule is c1ccc(-c2ccc(-c3cccc4ccccc34)cc2)cc1.c1ccc(-c2ccccc2)cc1. The minimum Gasteiger partial charge on any atom is -0.0622 e. The predicted octanol–water partition coefficient (Wildman–Crippen LogP) is 9.53. The number of benzene rings is 6. The van der Waals surface area contributed by atoms with E-state index in [4.69, 9.17) is 0 Å². The molecular formula is C34H26. The molecule has 0 spiro atoms. The minimum atomic E-state index is 1.25. The van der Waals surface area contributed by atoms with Gasteiger partial charge in [0, 0.05) is 0 Å². The average Bonchev–Trinajstić information content (AvgIpc) is 2.95. The highest BCUT2D eigenvalue weighted by Gasteiger charge is 2.04. The molecule has 0 bridgehead atoms. The Morgan fingerprint density at radius 1 is 0.235 bits per heavy atom. The van der Waals surface area contributed by atoms with Gasteiger partial charge in [0.15, 0.2) is 0 Å².